The number of benzene rings is 1. The summed E-state index contributed by atoms with van der Waals surface area (Å²) in [6.07, 6.45) is 2.60. The number of aryl methyl sites for hydroxylation is 1. The SMILES string of the molecule is Cc1ccccc1C(NC(=O)N1CCCC(N(C)CC(=O)O)CC1)C(C)C. The van der Waals surface area contributed by atoms with Crippen molar-refractivity contribution >= 4 is 12.0 Å². The first-order chi connectivity index (χ1) is 12.8. The van der Waals surface area contributed by atoms with E-state index < -0.39 is 5.97 Å². The van der Waals surface area contributed by atoms with Gasteiger partial charge in [-0.05, 0) is 50.3 Å². The van der Waals surface area contributed by atoms with Crippen molar-refractivity contribution in [3.05, 3.63) is 35.4 Å². The molecule has 0 bridgehead atoms. The molecule has 2 rings (SSSR count). The van der Waals surface area contributed by atoms with Crippen LogP contribution in [0.1, 0.15) is 50.3 Å². The lowest BCUT2D eigenvalue weighted by Crippen LogP contribution is -2.44. The third-order valence-electron chi connectivity index (χ3n) is 5.46. The van der Waals surface area contributed by atoms with E-state index in [4.69, 9.17) is 5.11 Å². The normalized spacial score (nSPS) is 19.0. The molecule has 1 aliphatic heterocycles. The van der Waals surface area contributed by atoms with Gasteiger partial charge >= 0.3 is 12.0 Å². The van der Waals surface area contributed by atoms with Gasteiger partial charge in [0.05, 0.1) is 12.6 Å². The fourth-order valence-electron chi connectivity index (χ4n) is 3.83. The van der Waals surface area contributed by atoms with Crippen molar-refractivity contribution < 1.29 is 14.7 Å². The maximum absolute atomic E-state index is 12.9. The molecule has 6 nitrogen and oxygen atoms in total. The zero-order valence-corrected chi connectivity index (χ0v) is 16.9. The van der Waals surface area contributed by atoms with E-state index in [0.29, 0.717) is 13.1 Å². The second-order valence-electron chi connectivity index (χ2n) is 7.91. The minimum absolute atomic E-state index is 0.0209. The van der Waals surface area contributed by atoms with Gasteiger partial charge in [0.25, 0.3) is 0 Å². The van der Waals surface area contributed by atoms with E-state index in [-0.39, 0.29) is 30.6 Å². The summed E-state index contributed by atoms with van der Waals surface area (Å²) in [4.78, 5) is 27.6. The first-order valence-electron chi connectivity index (χ1n) is 9.82. The molecule has 1 heterocycles. The number of nitrogens with zero attached hydrogens (tertiary/aromatic N) is 2. The zero-order chi connectivity index (χ0) is 20.0. The lowest BCUT2D eigenvalue weighted by Gasteiger charge is -2.29. The molecule has 0 radical (unpaired) electrons. The van der Waals surface area contributed by atoms with Gasteiger partial charge in [0.2, 0.25) is 0 Å². The number of carbonyl (C=O) groups excluding carboxylic acids is 1. The number of hydrogen-bond acceptors (Lipinski definition) is 3. The average Bonchev–Trinajstić information content (AvgIpc) is 2.85. The molecule has 1 aromatic carbocycles. The topological polar surface area (TPSA) is 72.9 Å². The van der Waals surface area contributed by atoms with E-state index in [1.165, 1.54) is 5.56 Å². The van der Waals surface area contributed by atoms with Crippen molar-refractivity contribution in [1.82, 2.24) is 15.1 Å². The minimum Gasteiger partial charge on any atom is -0.480 e. The second kappa shape index (κ2) is 9.74. The van der Waals surface area contributed by atoms with Gasteiger partial charge < -0.3 is 15.3 Å². The summed E-state index contributed by atoms with van der Waals surface area (Å²) in [5.74, 6) is -0.522. The van der Waals surface area contributed by atoms with E-state index in [9.17, 15) is 9.59 Å². The third kappa shape index (κ3) is 5.96. The number of nitrogens with one attached hydrogen (secondary N) is 1. The second-order valence-corrected chi connectivity index (χ2v) is 7.91. The quantitative estimate of drug-likeness (QED) is 0.800. The van der Waals surface area contributed by atoms with Gasteiger partial charge in [-0.3, -0.25) is 9.69 Å². The summed E-state index contributed by atoms with van der Waals surface area (Å²) < 4.78 is 0. The molecule has 2 unspecified atom stereocenters. The number of likely N-dealkylation sites (tertiary alicyclic amines) is 1. The lowest BCUT2D eigenvalue weighted by molar-refractivity contribution is -0.138. The Morgan fingerprint density at radius 3 is 2.59 bits per heavy atom. The Morgan fingerprint density at radius 1 is 1.26 bits per heavy atom. The summed E-state index contributed by atoms with van der Waals surface area (Å²) in [5.41, 5.74) is 2.34. The van der Waals surface area contributed by atoms with Crippen molar-refractivity contribution in [1.29, 1.82) is 0 Å². The maximum Gasteiger partial charge on any atom is 0.317 e. The number of aliphatic carboxylic acids is 1. The number of carboxylic acids is 1. The average molecular weight is 376 g/mol. The lowest BCUT2D eigenvalue weighted by atomic mass is 9.93. The van der Waals surface area contributed by atoms with E-state index >= 15 is 0 Å². The van der Waals surface area contributed by atoms with Gasteiger partial charge in [-0.15, -0.1) is 0 Å². The molecule has 2 N–H and O–H groups in total. The first-order valence-corrected chi connectivity index (χ1v) is 9.82. The van der Waals surface area contributed by atoms with Crippen molar-refractivity contribution in [3.63, 3.8) is 0 Å². The maximum atomic E-state index is 12.9. The zero-order valence-electron chi connectivity index (χ0n) is 16.9. The highest BCUT2D eigenvalue weighted by Gasteiger charge is 2.26. The monoisotopic (exact) mass is 375 g/mol. The molecule has 1 fully saturated rings. The standard InChI is InChI=1S/C21H33N3O3/c1-15(2)20(18-10-6-5-8-16(18)3)22-21(27)24-12-7-9-17(11-13-24)23(4)14-19(25)26/h5-6,8,10,15,17,20H,7,9,11-14H2,1-4H3,(H,22,27)(H,25,26). The summed E-state index contributed by atoms with van der Waals surface area (Å²) in [7, 11) is 1.85. The molecule has 27 heavy (non-hydrogen) atoms. The van der Waals surface area contributed by atoms with Crippen molar-refractivity contribution in [2.24, 2.45) is 5.92 Å². The van der Waals surface area contributed by atoms with Gasteiger partial charge in [-0.2, -0.15) is 0 Å². The molecule has 2 amide bonds. The number of carbonyl (C=O) groups is 2. The van der Waals surface area contributed by atoms with Gasteiger partial charge in [0.1, 0.15) is 0 Å². The number of amides is 2. The Balaban J connectivity index is 2.00. The smallest absolute Gasteiger partial charge is 0.317 e. The van der Waals surface area contributed by atoms with Crippen molar-refractivity contribution in [2.45, 2.75) is 52.1 Å². The summed E-state index contributed by atoms with van der Waals surface area (Å²) in [6, 6.07) is 8.34. The van der Waals surface area contributed by atoms with E-state index in [1.54, 1.807) is 0 Å². The largest absolute Gasteiger partial charge is 0.480 e. The van der Waals surface area contributed by atoms with Crippen LogP contribution in [0.15, 0.2) is 24.3 Å². The molecule has 0 aromatic heterocycles. The van der Waals surface area contributed by atoms with E-state index in [2.05, 4.69) is 38.2 Å². The predicted molar refractivity (Wildman–Crippen MR) is 107 cm³/mol. The minimum atomic E-state index is -0.811. The molecular formula is C21H33N3O3. The van der Waals surface area contributed by atoms with Crippen LogP contribution in [0.25, 0.3) is 0 Å². The van der Waals surface area contributed by atoms with Gasteiger partial charge in [0.15, 0.2) is 0 Å². The number of urea groups is 1. The molecule has 0 aliphatic carbocycles. The van der Waals surface area contributed by atoms with Gasteiger partial charge in [0, 0.05) is 19.1 Å². The summed E-state index contributed by atoms with van der Waals surface area (Å²) in [6.45, 7) is 7.72. The van der Waals surface area contributed by atoms with Crippen molar-refractivity contribution in [2.75, 3.05) is 26.7 Å². The van der Waals surface area contributed by atoms with Crippen LogP contribution < -0.4 is 5.32 Å². The number of rotatable bonds is 6. The number of likely N-dealkylation sites (N-methyl/N-ethyl adjacent to an activating group) is 1. The number of carboxylic acid groups (broad SMARTS) is 1. The van der Waals surface area contributed by atoms with Crippen LogP contribution in [-0.2, 0) is 4.79 Å². The molecule has 0 saturated carbocycles. The third-order valence-corrected chi connectivity index (χ3v) is 5.46. The highest BCUT2D eigenvalue weighted by atomic mass is 16.4. The molecular weight excluding hydrogens is 342 g/mol. The highest BCUT2D eigenvalue weighted by molar-refractivity contribution is 5.75. The Morgan fingerprint density at radius 2 is 1.96 bits per heavy atom. The van der Waals surface area contributed by atoms with Crippen molar-refractivity contribution in [3.8, 4) is 0 Å². The molecule has 6 heteroatoms. The molecule has 1 aliphatic rings. The fraction of sp³-hybridized carbons (Fsp3) is 0.619. The van der Waals surface area contributed by atoms with Crippen LogP contribution in [0.4, 0.5) is 4.79 Å². The Kier molecular flexibility index (Phi) is 7.66. The Hall–Kier alpha value is -2.08. The van der Waals surface area contributed by atoms with Crippen LogP contribution in [0.2, 0.25) is 0 Å². The first kappa shape index (κ1) is 21.2. The molecule has 2 atom stereocenters. The summed E-state index contributed by atoms with van der Waals surface area (Å²) >= 11 is 0. The van der Waals surface area contributed by atoms with Crippen LogP contribution in [0.5, 0.6) is 0 Å². The van der Waals surface area contributed by atoms with Crippen LogP contribution >= 0.6 is 0 Å². The predicted octanol–water partition coefficient (Wildman–Crippen LogP) is 3.27. The molecule has 150 valence electrons. The fourth-order valence-corrected chi connectivity index (χ4v) is 3.83. The van der Waals surface area contributed by atoms with E-state index in [1.807, 2.05) is 29.0 Å². The van der Waals surface area contributed by atoms with Crippen LogP contribution in [-0.4, -0.2) is 59.6 Å². The van der Waals surface area contributed by atoms with Crippen LogP contribution in [0, 0.1) is 12.8 Å². The van der Waals surface area contributed by atoms with E-state index in [0.717, 1.165) is 24.8 Å². The number of hydrogen-bond donors (Lipinski definition) is 2. The Bertz CT molecular complexity index is 647. The Labute approximate surface area is 162 Å². The molecule has 0 spiro atoms. The van der Waals surface area contributed by atoms with Gasteiger partial charge in [-0.1, -0.05) is 38.1 Å². The molecule has 1 saturated heterocycles. The highest BCUT2D eigenvalue weighted by Crippen LogP contribution is 2.25. The van der Waals surface area contributed by atoms with Crippen LogP contribution in [0.3, 0.4) is 0 Å². The van der Waals surface area contributed by atoms with Gasteiger partial charge in [-0.25, -0.2) is 4.79 Å². The summed E-state index contributed by atoms with van der Waals surface area (Å²) in [5, 5.41) is 12.2. The molecule has 1 aromatic rings.